The number of ether oxygens (including phenoxy) is 1. The fraction of sp³-hybridized carbons (Fsp3) is 0.364. The van der Waals surface area contributed by atoms with Crippen molar-refractivity contribution in [2.75, 3.05) is 21.2 Å². The van der Waals surface area contributed by atoms with E-state index >= 15 is 0 Å². The Morgan fingerprint density at radius 2 is 1.80 bits per heavy atom. The van der Waals surface area contributed by atoms with Gasteiger partial charge in [0.05, 0.1) is 7.11 Å². The maximum atomic E-state index is 9.15. The van der Waals surface area contributed by atoms with Crippen molar-refractivity contribution >= 4 is 6.16 Å². The van der Waals surface area contributed by atoms with E-state index in [0.29, 0.717) is 0 Å². The second-order valence-corrected chi connectivity index (χ2v) is 3.19. The Labute approximate surface area is 90.1 Å². The second-order valence-electron chi connectivity index (χ2n) is 3.19. The van der Waals surface area contributed by atoms with Gasteiger partial charge in [-0.2, -0.15) is 0 Å². The summed E-state index contributed by atoms with van der Waals surface area (Å²) in [4.78, 5) is 11.3. The van der Waals surface area contributed by atoms with E-state index < -0.39 is 6.16 Å². The first-order valence-electron chi connectivity index (χ1n) is 4.51. The molecule has 0 aliphatic rings. The van der Waals surface area contributed by atoms with Gasteiger partial charge >= 0.3 is 6.16 Å². The van der Waals surface area contributed by atoms with Gasteiger partial charge in [0.15, 0.2) is 0 Å². The Morgan fingerprint density at radius 3 is 2.13 bits per heavy atom. The highest BCUT2D eigenvalue weighted by atomic mass is 16.6. The molecule has 0 amide bonds. The lowest BCUT2D eigenvalue weighted by Crippen LogP contribution is -2.10. The van der Waals surface area contributed by atoms with Gasteiger partial charge in [0.25, 0.3) is 0 Å². The molecule has 0 spiro atoms. The Balaban J connectivity index is 0.000000336. The van der Waals surface area contributed by atoms with E-state index in [1.165, 1.54) is 5.56 Å². The molecule has 1 N–H and O–H groups in total. The summed E-state index contributed by atoms with van der Waals surface area (Å²) in [6, 6.07) is 10.5. The molecule has 0 radical (unpaired) electrons. The average molecular weight is 211 g/mol. The van der Waals surface area contributed by atoms with Crippen molar-refractivity contribution in [3.63, 3.8) is 0 Å². The quantitative estimate of drug-likeness (QED) is 0.761. The van der Waals surface area contributed by atoms with Crippen molar-refractivity contribution in [1.82, 2.24) is 4.90 Å². The third kappa shape index (κ3) is 8.77. The molecular weight excluding hydrogens is 194 g/mol. The lowest BCUT2D eigenvalue weighted by molar-refractivity contribution is 0.114. The number of carbonyl (C=O) groups is 1. The first-order valence-corrected chi connectivity index (χ1v) is 4.51. The van der Waals surface area contributed by atoms with Crippen LogP contribution < -0.4 is 0 Å². The molecule has 15 heavy (non-hydrogen) atoms. The summed E-state index contributed by atoms with van der Waals surface area (Å²) in [7, 11) is 5.25. The molecule has 0 aliphatic carbocycles. The zero-order valence-electron chi connectivity index (χ0n) is 9.30. The highest BCUT2D eigenvalue weighted by Crippen LogP contribution is 1.99. The first kappa shape index (κ1) is 13.4. The van der Waals surface area contributed by atoms with Crippen molar-refractivity contribution in [3.05, 3.63) is 35.9 Å². The van der Waals surface area contributed by atoms with Gasteiger partial charge in [-0.25, -0.2) is 4.79 Å². The molecule has 0 heterocycles. The second kappa shape index (κ2) is 7.82. The van der Waals surface area contributed by atoms with Crippen LogP contribution in [0, 0.1) is 0 Å². The van der Waals surface area contributed by atoms with Crippen LogP contribution in [0.4, 0.5) is 4.79 Å². The molecule has 0 bridgehead atoms. The van der Waals surface area contributed by atoms with Gasteiger partial charge < -0.3 is 14.7 Å². The molecular formula is C11H17NO3. The van der Waals surface area contributed by atoms with Crippen molar-refractivity contribution in [1.29, 1.82) is 0 Å². The van der Waals surface area contributed by atoms with Gasteiger partial charge in [0.2, 0.25) is 0 Å². The fourth-order valence-electron chi connectivity index (χ4n) is 0.949. The number of nitrogens with zero attached hydrogens (tertiary/aromatic N) is 1. The minimum absolute atomic E-state index is 1.03. The molecule has 4 heteroatoms. The molecule has 0 aromatic heterocycles. The third-order valence-corrected chi connectivity index (χ3v) is 1.52. The first-order chi connectivity index (χ1) is 7.06. The van der Waals surface area contributed by atoms with E-state index in [1.54, 1.807) is 0 Å². The number of methoxy groups -OCH3 is 1. The summed E-state index contributed by atoms with van der Waals surface area (Å²) in [6.07, 6.45) is -1.25. The lowest BCUT2D eigenvalue weighted by Gasteiger charge is -2.08. The normalized spacial score (nSPS) is 9.07. The topological polar surface area (TPSA) is 49.8 Å². The number of benzene rings is 1. The van der Waals surface area contributed by atoms with Gasteiger partial charge in [-0.3, -0.25) is 0 Å². The molecule has 0 fully saturated rings. The van der Waals surface area contributed by atoms with Crippen LogP contribution in [0.5, 0.6) is 0 Å². The lowest BCUT2D eigenvalue weighted by atomic mass is 10.2. The molecule has 1 aromatic carbocycles. The molecule has 0 unspecified atom stereocenters. The summed E-state index contributed by atoms with van der Waals surface area (Å²) >= 11 is 0. The molecule has 0 saturated heterocycles. The standard InChI is InChI=1S/C9H13N.C2H4O3/c1-10(2)8-9-6-4-3-5-7-9;1-5-2(3)4/h3-7H,8H2,1-2H3;1H3,(H,3,4). The van der Waals surface area contributed by atoms with Crippen molar-refractivity contribution in [3.8, 4) is 0 Å². The number of carboxylic acid groups (broad SMARTS) is 1. The number of hydrogen-bond acceptors (Lipinski definition) is 3. The third-order valence-electron chi connectivity index (χ3n) is 1.52. The van der Waals surface area contributed by atoms with Gasteiger partial charge in [0.1, 0.15) is 0 Å². The van der Waals surface area contributed by atoms with E-state index in [9.17, 15) is 0 Å². The molecule has 1 rings (SSSR count). The van der Waals surface area contributed by atoms with Gasteiger partial charge in [0, 0.05) is 6.54 Å². The van der Waals surface area contributed by atoms with Crippen molar-refractivity contribution in [2.45, 2.75) is 6.54 Å². The summed E-state index contributed by atoms with van der Waals surface area (Å²) < 4.78 is 3.67. The van der Waals surface area contributed by atoms with E-state index in [0.717, 1.165) is 13.7 Å². The van der Waals surface area contributed by atoms with Crippen LogP contribution in [0.25, 0.3) is 0 Å². The zero-order valence-corrected chi connectivity index (χ0v) is 9.30. The smallest absolute Gasteiger partial charge is 0.450 e. The molecule has 84 valence electrons. The van der Waals surface area contributed by atoms with E-state index in [1.807, 2.05) is 6.07 Å². The Morgan fingerprint density at radius 1 is 1.33 bits per heavy atom. The maximum Gasteiger partial charge on any atom is 0.505 e. The zero-order chi connectivity index (χ0) is 11.7. The molecule has 0 saturated carbocycles. The van der Waals surface area contributed by atoms with E-state index in [-0.39, 0.29) is 0 Å². The van der Waals surface area contributed by atoms with Gasteiger partial charge in [-0.15, -0.1) is 0 Å². The van der Waals surface area contributed by atoms with Crippen molar-refractivity contribution < 1.29 is 14.6 Å². The Bertz CT molecular complexity index is 272. The SMILES string of the molecule is CN(C)Cc1ccccc1.COC(=O)O. The van der Waals surface area contributed by atoms with Gasteiger partial charge in [-0.05, 0) is 19.7 Å². The van der Waals surface area contributed by atoms with Crippen LogP contribution >= 0.6 is 0 Å². The Hall–Kier alpha value is -1.55. The predicted octanol–water partition coefficient (Wildman–Crippen LogP) is 2.06. The summed E-state index contributed by atoms with van der Waals surface area (Å²) in [5.41, 5.74) is 1.37. The molecule has 0 atom stereocenters. The minimum atomic E-state index is -1.25. The summed E-state index contributed by atoms with van der Waals surface area (Å²) in [6.45, 7) is 1.03. The summed E-state index contributed by atoms with van der Waals surface area (Å²) in [5.74, 6) is 0. The number of rotatable bonds is 2. The highest BCUT2D eigenvalue weighted by Gasteiger charge is 1.90. The highest BCUT2D eigenvalue weighted by molar-refractivity contribution is 5.56. The largest absolute Gasteiger partial charge is 0.505 e. The fourth-order valence-corrected chi connectivity index (χ4v) is 0.949. The predicted molar refractivity (Wildman–Crippen MR) is 58.9 cm³/mol. The van der Waals surface area contributed by atoms with Crippen LogP contribution in [0.3, 0.4) is 0 Å². The molecule has 0 aliphatic heterocycles. The Kier molecular flexibility index (Phi) is 7.01. The molecule has 4 nitrogen and oxygen atoms in total. The van der Waals surface area contributed by atoms with E-state index in [4.69, 9.17) is 9.90 Å². The van der Waals surface area contributed by atoms with Crippen LogP contribution in [0.2, 0.25) is 0 Å². The van der Waals surface area contributed by atoms with Crippen LogP contribution in [0.15, 0.2) is 30.3 Å². The number of hydrogen-bond donors (Lipinski definition) is 1. The van der Waals surface area contributed by atoms with Gasteiger partial charge in [-0.1, -0.05) is 30.3 Å². The monoisotopic (exact) mass is 211 g/mol. The maximum absolute atomic E-state index is 9.15. The summed E-state index contributed by atoms with van der Waals surface area (Å²) in [5, 5.41) is 7.50. The molecule has 1 aromatic rings. The van der Waals surface area contributed by atoms with E-state index in [2.05, 4.69) is 48.0 Å². The minimum Gasteiger partial charge on any atom is -0.450 e. The van der Waals surface area contributed by atoms with Crippen LogP contribution in [-0.4, -0.2) is 37.4 Å². The average Bonchev–Trinajstić information content (AvgIpc) is 2.19. The van der Waals surface area contributed by atoms with Crippen molar-refractivity contribution in [2.24, 2.45) is 0 Å². The van der Waals surface area contributed by atoms with Crippen LogP contribution in [-0.2, 0) is 11.3 Å². The van der Waals surface area contributed by atoms with Crippen LogP contribution in [0.1, 0.15) is 5.56 Å².